The maximum absolute atomic E-state index is 11.7. The Morgan fingerprint density at radius 3 is 3.00 bits per heavy atom. The number of rotatable bonds is 8. The highest BCUT2D eigenvalue weighted by Crippen LogP contribution is 2.23. The maximum atomic E-state index is 11.7. The summed E-state index contributed by atoms with van der Waals surface area (Å²) in [5.41, 5.74) is 0.646. The summed E-state index contributed by atoms with van der Waals surface area (Å²) >= 11 is 0. The Morgan fingerprint density at radius 2 is 2.24 bits per heavy atom. The lowest BCUT2D eigenvalue weighted by Crippen LogP contribution is -2.19. The number of anilines is 1. The molecule has 1 heterocycles. The molecule has 21 heavy (non-hydrogen) atoms. The van der Waals surface area contributed by atoms with Crippen LogP contribution in [0.15, 0.2) is 43.0 Å². The van der Waals surface area contributed by atoms with E-state index in [1.807, 2.05) is 35.9 Å². The van der Waals surface area contributed by atoms with Crippen molar-refractivity contribution in [3.05, 3.63) is 43.0 Å². The van der Waals surface area contributed by atoms with Gasteiger partial charge in [-0.2, -0.15) is 0 Å². The van der Waals surface area contributed by atoms with Gasteiger partial charge in [0.1, 0.15) is 19.0 Å². The molecule has 1 aromatic heterocycles. The first-order valence-corrected chi connectivity index (χ1v) is 6.84. The molecule has 2 rings (SSSR count). The Labute approximate surface area is 123 Å². The summed E-state index contributed by atoms with van der Waals surface area (Å²) in [6.45, 7) is 3.59. The van der Waals surface area contributed by atoms with Crippen molar-refractivity contribution < 1.29 is 14.3 Å². The molecular formula is C15H19N3O3. The molecule has 112 valence electrons. The molecule has 0 spiro atoms. The van der Waals surface area contributed by atoms with Crippen molar-refractivity contribution in [2.75, 3.05) is 25.1 Å². The molecule has 1 aromatic carbocycles. The van der Waals surface area contributed by atoms with E-state index in [0.29, 0.717) is 31.2 Å². The zero-order chi connectivity index (χ0) is 14.9. The summed E-state index contributed by atoms with van der Waals surface area (Å²) in [5.74, 6) is 0.449. The number of amides is 1. The van der Waals surface area contributed by atoms with Crippen LogP contribution in [0.25, 0.3) is 0 Å². The van der Waals surface area contributed by atoms with Crippen molar-refractivity contribution in [3.8, 4) is 5.75 Å². The van der Waals surface area contributed by atoms with Crippen molar-refractivity contribution in [1.82, 2.24) is 9.55 Å². The Morgan fingerprint density at radius 1 is 1.38 bits per heavy atom. The summed E-state index contributed by atoms with van der Waals surface area (Å²) in [6, 6.07) is 7.34. The van der Waals surface area contributed by atoms with E-state index in [2.05, 4.69) is 10.3 Å². The SMILES string of the molecule is CCOCC(=O)Nc1ccccc1OCCn1ccnc1. The average molecular weight is 289 g/mol. The summed E-state index contributed by atoms with van der Waals surface area (Å²) in [7, 11) is 0. The number of carbonyl (C=O) groups excluding carboxylic acids is 1. The monoisotopic (exact) mass is 289 g/mol. The zero-order valence-corrected chi connectivity index (χ0v) is 12.0. The number of nitrogens with zero attached hydrogens (tertiary/aromatic N) is 2. The topological polar surface area (TPSA) is 65.4 Å². The average Bonchev–Trinajstić information content (AvgIpc) is 3.00. The van der Waals surface area contributed by atoms with Crippen LogP contribution in [0.1, 0.15) is 6.92 Å². The largest absolute Gasteiger partial charge is 0.490 e. The molecule has 0 bridgehead atoms. The van der Waals surface area contributed by atoms with Gasteiger partial charge in [0.2, 0.25) is 5.91 Å². The molecule has 6 heteroatoms. The minimum Gasteiger partial charge on any atom is -0.490 e. The summed E-state index contributed by atoms with van der Waals surface area (Å²) in [4.78, 5) is 15.6. The number of para-hydroxylation sites is 2. The van der Waals surface area contributed by atoms with Crippen LogP contribution in [0.2, 0.25) is 0 Å². The number of hydrogen-bond donors (Lipinski definition) is 1. The lowest BCUT2D eigenvalue weighted by atomic mass is 10.3. The predicted molar refractivity (Wildman–Crippen MR) is 79.3 cm³/mol. The highest BCUT2D eigenvalue weighted by Gasteiger charge is 2.07. The fourth-order valence-corrected chi connectivity index (χ4v) is 1.76. The maximum Gasteiger partial charge on any atom is 0.250 e. The van der Waals surface area contributed by atoms with Crippen LogP contribution in [-0.2, 0) is 16.1 Å². The number of imidazole rings is 1. The number of nitrogens with one attached hydrogen (secondary N) is 1. The van der Waals surface area contributed by atoms with Gasteiger partial charge in [0, 0.05) is 19.0 Å². The fourth-order valence-electron chi connectivity index (χ4n) is 1.76. The quantitative estimate of drug-likeness (QED) is 0.806. The van der Waals surface area contributed by atoms with Crippen LogP contribution in [0.5, 0.6) is 5.75 Å². The molecule has 0 saturated carbocycles. The van der Waals surface area contributed by atoms with E-state index in [1.165, 1.54) is 0 Å². The Balaban J connectivity index is 1.88. The van der Waals surface area contributed by atoms with E-state index < -0.39 is 0 Å². The highest BCUT2D eigenvalue weighted by atomic mass is 16.5. The van der Waals surface area contributed by atoms with Crippen molar-refractivity contribution in [2.24, 2.45) is 0 Å². The number of hydrogen-bond acceptors (Lipinski definition) is 4. The summed E-state index contributed by atoms with van der Waals surface area (Å²) in [5, 5.41) is 2.78. The van der Waals surface area contributed by atoms with Gasteiger partial charge in [0.15, 0.2) is 0 Å². The van der Waals surface area contributed by atoms with Gasteiger partial charge in [-0.1, -0.05) is 12.1 Å². The van der Waals surface area contributed by atoms with E-state index in [9.17, 15) is 4.79 Å². The smallest absolute Gasteiger partial charge is 0.250 e. The van der Waals surface area contributed by atoms with Gasteiger partial charge in [0.25, 0.3) is 0 Å². The van der Waals surface area contributed by atoms with E-state index in [-0.39, 0.29) is 12.5 Å². The van der Waals surface area contributed by atoms with E-state index in [1.54, 1.807) is 18.6 Å². The number of benzene rings is 1. The van der Waals surface area contributed by atoms with Crippen LogP contribution < -0.4 is 10.1 Å². The van der Waals surface area contributed by atoms with Crippen LogP contribution in [-0.4, -0.2) is 35.3 Å². The van der Waals surface area contributed by atoms with Gasteiger partial charge >= 0.3 is 0 Å². The standard InChI is InChI=1S/C15H19N3O3/c1-2-20-11-15(19)17-13-5-3-4-6-14(13)21-10-9-18-8-7-16-12-18/h3-8,12H,2,9-11H2,1H3,(H,17,19). The van der Waals surface area contributed by atoms with Crippen LogP contribution in [0, 0.1) is 0 Å². The third-order valence-corrected chi connectivity index (χ3v) is 2.76. The van der Waals surface area contributed by atoms with E-state index in [0.717, 1.165) is 0 Å². The number of aromatic nitrogens is 2. The normalized spacial score (nSPS) is 10.3. The Kier molecular flexibility index (Phi) is 5.78. The van der Waals surface area contributed by atoms with Gasteiger partial charge < -0.3 is 19.4 Å². The van der Waals surface area contributed by atoms with Gasteiger partial charge in [-0.05, 0) is 19.1 Å². The Bertz CT molecular complexity index is 555. The molecule has 1 N–H and O–H groups in total. The van der Waals surface area contributed by atoms with Crippen LogP contribution in [0.3, 0.4) is 0 Å². The van der Waals surface area contributed by atoms with Crippen molar-refractivity contribution in [2.45, 2.75) is 13.5 Å². The lowest BCUT2D eigenvalue weighted by Gasteiger charge is -2.12. The first kappa shape index (κ1) is 15.1. The molecule has 6 nitrogen and oxygen atoms in total. The van der Waals surface area contributed by atoms with Crippen LogP contribution >= 0.6 is 0 Å². The van der Waals surface area contributed by atoms with E-state index >= 15 is 0 Å². The predicted octanol–water partition coefficient (Wildman–Crippen LogP) is 1.94. The molecule has 0 atom stereocenters. The van der Waals surface area contributed by atoms with Gasteiger partial charge in [0.05, 0.1) is 18.6 Å². The lowest BCUT2D eigenvalue weighted by molar-refractivity contribution is -0.120. The third-order valence-electron chi connectivity index (χ3n) is 2.76. The second kappa shape index (κ2) is 8.06. The van der Waals surface area contributed by atoms with Crippen molar-refractivity contribution in [3.63, 3.8) is 0 Å². The molecule has 0 aliphatic rings. The molecular weight excluding hydrogens is 270 g/mol. The number of carbonyl (C=O) groups is 1. The van der Waals surface area contributed by atoms with Gasteiger partial charge in [-0.15, -0.1) is 0 Å². The van der Waals surface area contributed by atoms with Crippen molar-refractivity contribution >= 4 is 11.6 Å². The minimum absolute atomic E-state index is 0.0415. The minimum atomic E-state index is -0.192. The molecule has 0 saturated heterocycles. The fraction of sp³-hybridized carbons (Fsp3) is 0.333. The second-order valence-corrected chi connectivity index (χ2v) is 4.33. The molecule has 0 aliphatic carbocycles. The zero-order valence-electron chi connectivity index (χ0n) is 12.0. The second-order valence-electron chi connectivity index (χ2n) is 4.33. The number of ether oxygens (including phenoxy) is 2. The molecule has 0 aliphatic heterocycles. The first-order chi connectivity index (χ1) is 10.3. The van der Waals surface area contributed by atoms with E-state index in [4.69, 9.17) is 9.47 Å². The first-order valence-electron chi connectivity index (χ1n) is 6.84. The summed E-state index contributed by atoms with van der Waals surface area (Å²) in [6.07, 6.45) is 5.33. The van der Waals surface area contributed by atoms with Gasteiger partial charge in [-0.3, -0.25) is 4.79 Å². The van der Waals surface area contributed by atoms with Crippen molar-refractivity contribution in [1.29, 1.82) is 0 Å². The molecule has 0 radical (unpaired) electrons. The molecule has 0 unspecified atom stereocenters. The van der Waals surface area contributed by atoms with Crippen LogP contribution in [0.4, 0.5) is 5.69 Å². The molecule has 1 amide bonds. The van der Waals surface area contributed by atoms with Gasteiger partial charge in [-0.25, -0.2) is 4.98 Å². The Hall–Kier alpha value is -2.34. The summed E-state index contributed by atoms with van der Waals surface area (Å²) < 4.78 is 12.7. The molecule has 2 aromatic rings. The molecule has 0 fully saturated rings. The highest BCUT2D eigenvalue weighted by molar-refractivity contribution is 5.93. The third kappa shape index (κ3) is 4.92.